The number of hydrogen-bond donors (Lipinski definition) is 0. The molecule has 1 amide bonds. The second-order valence-corrected chi connectivity index (χ2v) is 6.56. The topological polar surface area (TPSA) is 55.2 Å². The van der Waals surface area contributed by atoms with Gasteiger partial charge in [-0.3, -0.25) is 9.59 Å². The van der Waals surface area contributed by atoms with Crippen molar-refractivity contribution in [3.8, 4) is 10.6 Å². The van der Waals surface area contributed by atoms with Crippen molar-refractivity contribution in [2.24, 2.45) is 0 Å². The summed E-state index contributed by atoms with van der Waals surface area (Å²) in [6.45, 7) is 0.601. The second-order valence-electron chi connectivity index (χ2n) is 5.62. The van der Waals surface area contributed by atoms with Gasteiger partial charge in [0.15, 0.2) is 0 Å². The maximum Gasteiger partial charge on any atom is 0.267 e. The van der Waals surface area contributed by atoms with Crippen LogP contribution >= 0.6 is 11.3 Å². The number of rotatable bonds is 3. The molecule has 4 rings (SSSR count). The van der Waals surface area contributed by atoms with E-state index in [1.165, 1.54) is 16.3 Å². The number of carbonyl (C=O) groups is 1. The molecule has 24 heavy (non-hydrogen) atoms. The fraction of sp³-hybridized carbons (Fsp3) is 0.167. The van der Waals surface area contributed by atoms with Crippen molar-refractivity contribution in [3.05, 3.63) is 69.8 Å². The maximum atomic E-state index is 12.7. The van der Waals surface area contributed by atoms with Crippen LogP contribution in [0.5, 0.6) is 0 Å². The number of anilines is 1. The monoisotopic (exact) mass is 337 g/mol. The number of para-hydroxylation sites is 1. The molecule has 1 aromatic carbocycles. The molecule has 0 unspecified atom stereocenters. The summed E-state index contributed by atoms with van der Waals surface area (Å²) in [7, 11) is 0. The third-order valence-electron chi connectivity index (χ3n) is 4.11. The van der Waals surface area contributed by atoms with Gasteiger partial charge in [0.25, 0.3) is 5.56 Å². The van der Waals surface area contributed by atoms with Gasteiger partial charge >= 0.3 is 0 Å². The van der Waals surface area contributed by atoms with Crippen LogP contribution in [-0.4, -0.2) is 22.2 Å². The average Bonchev–Trinajstić information content (AvgIpc) is 3.26. The molecule has 0 N–H and O–H groups in total. The lowest BCUT2D eigenvalue weighted by Crippen LogP contribution is -2.36. The lowest BCUT2D eigenvalue weighted by molar-refractivity contribution is -0.119. The van der Waals surface area contributed by atoms with Crippen molar-refractivity contribution in [2.75, 3.05) is 11.4 Å². The Morgan fingerprint density at radius 3 is 2.83 bits per heavy atom. The first-order valence-electron chi connectivity index (χ1n) is 7.73. The highest BCUT2D eigenvalue weighted by molar-refractivity contribution is 7.13. The molecule has 6 heteroatoms. The van der Waals surface area contributed by atoms with E-state index in [1.807, 2.05) is 41.8 Å². The summed E-state index contributed by atoms with van der Waals surface area (Å²) < 4.78 is 1.25. The van der Waals surface area contributed by atoms with Gasteiger partial charge in [0.1, 0.15) is 12.2 Å². The Morgan fingerprint density at radius 2 is 2.00 bits per heavy atom. The number of thiophene rings is 1. The summed E-state index contributed by atoms with van der Waals surface area (Å²) >= 11 is 1.55. The fourth-order valence-corrected chi connectivity index (χ4v) is 3.62. The largest absolute Gasteiger partial charge is 0.310 e. The molecule has 0 saturated carbocycles. The van der Waals surface area contributed by atoms with Crippen molar-refractivity contribution >= 4 is 22.9 Å². The molecule has 1 aliphatic rings. The number of fused-ring (bicyclic) bond motifs is 1. The molecular weight excluding hydrogens is 322 g/mol. The molecule has 5 nitrogen and oxygen atoms in total. The van der Waals surface area contributed by atoms with Crippen LogP contribution in [0.2, 0.25) is 0 Å². The van der Waals surface area contributed by atoms with Gasteiger partial charge in [0.05, 0.1) is 4.88 Å². The Bertz CT molecular complexity index is 947. The quantitative estimate of drug-likeness (QED) is 0.738. The minimum absolute atomic E-state index is 0.0492. The van der Waals surface area contributed by atoms with Crippen LogP contribution in [-0.2, 0) is 17.8 Å². The van der Waals surface area contributed by atoms with Gasteiger partial charge in [-0.15, -0.1) is 11.3 Å². The predicted octanol–water partition coefficient (Wildman–Crippen LogP) is 2.56. The summed E-state index contributed by atoms with van der Waals surface area (Å²) in [6, 6.07) is 14.9. The first-order valence-corrected chi connectivity index (χ1v) is 8.61. The molecule has 0 spiro atoms. The summed E-state index contributed by atoms with van der Waals surface area (Å²) in [4.78, 5) is 27.4. The van der Waals surface area contributed by atoms with Crippen LogP contribution in [0.1, 0.15) is 5.56 Å². The SMILES string of the molecule is O=C(Cn1nc(-c2cccs2)ccc1=O)N1CCc2ccccc21. The predicted molar refractivity (Wildman–Crippen MR) is 94.3 cm³/mol. The van der Waals surface area contributed by atoms with Crippen LogP contribution in [0.4, 0.5) is 5.69 Å². The van der Waals surface area contributed by atoms with Crippen molar-refractivity contribution in [3.63, 3.8) is 0 Å². The van der Waals surface area contributed by atoms with Crippen molar-refractivity contribution in [1.29, 1.82) is 0 Å². The Balaban J connectivity index is 1.61. The maximum absolute atomic E-state index is 12.7. The minimum Gasteiger partial charge on any atom is -0.310 e. The van der Waals surface area contributed by atoms with Gasteiger partial charge in [0.2, 0.25) is 5.91 Å². The molecular formula is C18H15N3O2S. The summed E-state index contributed by atoms with van der Waals surface area (Å²) in [5, 5.41) is 6.31. The third kappa shape index (κ3) is 2.65. The zero-order valence-corrected chi connectivity index (χ0v) is 13.7. The molecule has 0 saturated heterocycles. The lowest BCUT2D eigenvalue weighted by Gasteiger charge is -2.17. The van der Waals surface area contributed by atoms with Gasteiger partial charge in [-0.1, -0.05) is 24.3 Å². The van der Waals surface area contributed by atoms with E-state index in [1.54, 1.807) is 22.3 Å². The Kier molecular flexibility index (Phi) is 3.74. The molecule has 3 heterocycles. The van der Waals surface area contributed by atoms with Crippen molar-refractivity contribution in [1.82, 2.24) is 9.78 Å². The van der Waals surface area contributed by atoms with E-state index in [-0.39, 0.29) is 18.0 Å². The zero-order valence-electron chi connectivity index (χ0n) is 12.9. The number of carbonyl (C=O) groups excluding carboxylic acids is 1. The van der Waals surface area contributed by atoms with Gasteiger partial charge in [0, 0.05) is 18.3 Å². The van der Waals surface area contributed by atoms with Gasteiger partial charge in [-0.2, -0.15) is 5.10 Å². The summed E-state index contributed by atoms with van der Waals surface area (Å²) in [5.41, 5.74) is 2.54. The van der Waals surface area contributed by atoms with Crippen LogP contribution in [0, 0.1) is 0 Å². The van der Waals surface area contributed by atoms with Crippen molar-refractivity contribution in [2.45, 2.75) is 13.0 Å². The Labute approximate surface area is 142 Å². The van der Waals surface area contributed by atoms with Crippen LogP contribution in [0.3, 0.4) is 0 Å². The standard InChI is InChI=1S/C18H15N3O2S/c22-17-8-7-14(16-6-3-11-24-16)19-21(17)12-18(23)20-10-9-13-4-1-2-5-15(13)20/h1-8,11H,9-10,12H2. The van der Waals surface area contributed by atoms with E-state index in [9.17, 15) is 9.59 Å². The van der Waals surface area contributed by atoms with Gasteiger partial charge in [-0.05, 0) is 35.6 Å². The highest BCUT2D eigenvalue weighted by atomic mass is 32.1. The number of nitrogens with zero attached hydrogens (tertiary/aromatic N) is 3. The summed E-state index contributed by atoms with van der Waals surface area (Å²) in [6.07, 6.45) is 0.847. The molecule has 2 aromatic heterocycles. The van der Waals surface area contributed by atoms with E-state index < -0.39 is 0 Å². The van der Waals surface area contributed by atoms with Crippen LogP contribution in [0.25, 0.3) is 10.6 Å². The van der Waals surface area contributed by atoms with Gasteiger partial charge in [-0.25, -0.2) is 4.68 Å². The molecule has 3 aromatic rings. The number of hydrogen-bond acceptors (Lipinski definition) is 4. The highest BCUT2D eigenvalue weighted by Crippen LogP contribution is 2.27. The lowest BCUT2D eigenvalue weighted by atomic mass is 10.2. The van der Waals surface area contributed by atoms with E-state index >= 15 is 0 Å². The smallest absolute Gasteiger partial charge is 0.267 e. The van der Waals surface area contributed by atoms with Crippen LogP contribution in [0.15, 0.2) is 58.7 Å². The van der Waals surface area contributed by atoms with Crippen LogP contribution < -0.4 is 10.5 Å². The molecule has 0 fully saturated rings. The number of aromatic nitrogens is 2. The molecule has 120 valence electrons. The van der Waals surface area contributed by atoms with E-state index in [2.05, 4.69) is 5.10 Å². The molecule has 0 bridgehead atoms. The Hall–Kier alpha value is -2.73. The molecule has 0 radical (unpaired) electrons. The number of benzene rings is 1. The zero-order chi connectivity index (χ0) is 16.5. The molecule has 1 aliphatic heterocycles. The highest BCUT2D eigenvalue weighted by Gasteiger charge is 2.24. The first kappa shape index (κ1) is 14.8. The Morgan fingerprint density at radius 1 is 1.12 bits per heavy atom. The summed E-state index contributed by atoms with van der Waals surface area (Å²) in [5.74, 6) is -0.113. The third-order valence-corrected chi connectivity index (χ3v) is 5.01. The molecule has 0 atom stereocenters. The first-order chi connectivity index (χ1) is 11.7. The van der Waals surface area contributed by atoms with E-state index in [4.69, 9.17) is 0 Å². The minimum atomic E-state index is -0.267. The van der Waals surface area contributed by atoms with Gasteiger partial charge < -0.3 is 4.90 Å². The average molecular weight is 337 g/mol. The fourth-order valence-electron chi connectivity index (χ4n) is 2.93. The second kappa shape index (κ2) is 6.05. The normalized spacial score (nSPS) is 13.1. The van der Waals surface area contributed by atoms with E-state index in [0.717, 1.165) is 17.0 Å². The molecule has 0 aliphatic carbocycles. The van der Waals surface area contributed by atoms with E-state index in [0.29, 0.717) is 12.2 Å². The number of amides is 1. The van der Waals surface area contributed by atoms with Crippen molar-refractivity contribution < 1.29 is 4.79 Å².